The van der Waals surface area contributed by atoms with Crippen molar-refractivity contribution >= 4 is 46.9 Å². The predicted octanol–water partition coefficient (Wildman–Crippen LogP) is 3.98. The second kappa shape index (κ2) is 9.61. The van der Waals surface area contributed by atoms with E-state index >= 15 is 0 Å². The number of rotatable bonds is 5. The molecule has 2 aliphatic heterocycles. The lowest BCUT2D eigenvalue weighted by molar-refractivity contribution is -0.132. The van der Waals surface area contributed by atoms with Crippen LogP contribution in [0.25, 0.3) is 6.08 Å². The van der Waals surface area contributed by atoms with E-state index in [1.165, 1.54) is 11.6 Å². The van der Waals surface area contributed by atoms with Crippen LogP contribution in [0.5, 0.6) is 0 Å². The standard InChI is InChI=1S/C25H27N3O3S/c1-17-5-9-20(14-18(17)2)26-25(31)22-15-32-16-28(22)24(30)12-8-19-6-10-21(11-7-19)27-13-3-4-23(27)29/h5-12,14,22H,3-4,13,15-16H2,1-2H3,(H,26,31)/b12-8+. The molecule has 2 aliphatic rings. The predicted molar refractivity (Wildman–Crippen MR) is 130 cm³/mol. The number of anilines is 2. The summed E-state index contributed by atoms with van der Waals surface area (Å²) in [7, 11) is 0. The highest BCUT2D eigenvalue weighted by Gasteiger charge is 2.33. The first-order chi connectivity index (χ1) is 15.4. The molecule has 2 aromatic rings. The van der Waals surface area contributed by atoms with E-state index in [0.29, 0.717) is 18.1 Å². The van der Waals surface area contributed by atoms with Crippen LogP contribution in [-0.2, 0) is 14.4 Å². The van der Waals surface area contributed by atoms with E-state index in [9.17, 15) is 14.4 Å². The lowest BCUT2D eigenvalue weighted by Gasteiger charge is -2.22. The first-order valence-electron chi connectivity index (χ1n) is 10.8. The van der Waals surface area contributed by atoms with Gasteiger partial charge in [0.2, 0.25) is 17.7 Å². The number of hydrogen-bond donors (Lipinski definition) is 1. The van der Waals surface area contributed by atoms with Crippen molar-refractivity contribution in [2.45, 2.75) is 32.7 Å². The minimum absolute atomic E-state index is 0.153. The third kappa shape index (κ3) is 4.88. The minimum atomic E-state index is -0.498. The molecule has 0 aromatic heterocycles. The van der Waals surface area contributed by atoms with Gasteiger partial charge in [-0.15, -0.1) is 11.8 Å². The molecule has 6 nitrogen and oxygen atoms in total. The smallest absolute Gasteiger partial charge is 0.248 e. The van der Waals surface area contributed by atoms with Crippen LogP contribution in [0.4, 0.5) is 11.4 Å². The molecular weight excluding hydrogens is 422 g/mol. The van der Waals surface area contributed by atoms with E-state index in [2.05, 4.69) is 5.32 Å². The number of carbonyl (C=O) groups is 3. The Kier molecular flexibility index (Phi) is 6.65. The molecule has 2 saturated heterocycles. The van der Waals surface area contributed by atoms with Gasteiger partial charge in [0.05, 0.1) is 5.88 Å². The summed E-state index contributed by atoms with van der Waals surface area (Å²) in [6.45, 7) is 4.79. The number of thioether (sulfide) groups is 1. The summed E-state index contributed by atoms with van der Waals surface area (Å²) in [4.78, 5) is 40.9. The Hall–Kier alpha value is -3.06. The van der Waals surface area contributed by atoms with Crippen molar-refractivity contribution in [2.24, 2.45) is 0 Å². The van der Waals surface area contributed by atoms with Crippen LogP contribution < -0.4 is 10.2 Å². The normalized spacial score (nSPS) is 18.6. The Morgan fingerprint density at radius 1 is 1.09 bits per heavy atom. The number of carbonyl (C=O) groups excluding carboxylic acids is 3. The van der Waals surface area contributed by atoms with Gasteiger partial charge in [0.15, 0.2) is 0 Å². The molecule has 1 unspecified atom stereocenters. The molecule has 1 atom stereocenters. The molecule has 0 bridgehead atoms. The van der Waals surface area contributed by atoms with Crippen molar-refractivity contribution < 1.29 is 14.4 Å². The summed E-state index contributed by atoms with van der Waals surface area (Å²) in [6.07, 6.45) is 4.75. The van der Waals surface area contributed by atoms with Crippen molar-refractivity contribution in [2.75, 3.05) is 28.4 Å². The fourth-order valence-electron chi connectivity index (χ4n) is 3.87. The van der Waals surface area contributed by atoms with Gasteiger partial charge in [0.1, 0.15) is 6.04 Å². The van der Waals surface area contributed by atoms with Crippen LogP contribution in [0.3, 0.4) is 0 Å². The zero-order valence-electron chi connectivity index (χ0n) is 18.3. The van der Waals surface area contributed by atoms with Gasteiger partial charge in [0.25, 0.3) is 0 Å². The molecule has 2 aromatic carbocycles. The first kappa shape index (κ1) is 22.1. The number of hydrogen-bond acceptors (Lipinski definition) is 4. The zero-order chi connectivity index (χ0) is 22.7. The molecular formula is C25H27N3O3S. The van der Waals surface area contributed by atoms with Crippen molar-refractivity contribution in [1.82, 2.24) is 4.90 Å². The molecule has 7 heteroatoms. The molecule has 2 heterocycles. The molecule has 3 amide bonds. The Bertz CT molecular complexity index is 1060. The summed E-state index contributed by atoms with van der Waals surface area (Å²) in [6, 6.07) is 12.9. The van der Waals surface area contributed by atoms with E-state index in [0.717, 1.165) is 35.5 Å². The maximum Gasteiger partial charge on any atom is 0.248 e. The largest absolute Gasteiger partial charge is 0.324 e. The van der Waals surface area contributed by atoms with Crippen LogP contribution in [0.1, 0.15) is 29.5 Å². The topological polar surface area (TPSA) is 69.7 Å². The van der Waals surface area contributed by atoms with Crippen LogP contribution in [0.15, 0.2) is 48.5 Å². The van der Waals surface area contributed by atoms with Gasteiger partial charge in [-0.2, -0.15) is 0 Å². The van der Waals surface area contributed by atoms with E-state index in [4.69, 9.17) is 0 Å². The first-order valence-corrected chi connectivity index (χ1v) is 11.9. The summed E-state index contributed by atoms with van der Waals surface area (Å²) in [5.41, 5.74) is 4.78. The maximum atomic E-state index is 12.8. The number of nitrogens with zero attached hydrogens (tertiary/aromatic N) is 2. The molecule has 1 N–H and O–H groups in total. The molecule has 0 spiro atoms. The number of nitrogens with one attached hydrogen (secondary N) is 1. The molecule has 0 radical (unpaired) electrons. The fourth-order valence-corrected chi connectivity index (χ4v) is 5.04. The highest BCUT2D eigenvalue weighted by molar-refractivity contribution is 7.99. The van der Waals surface area contributed by atoms with Crippen LogP contribution in [-0.4, -0.2) is 46.8 Å². The van der Waals surface area contributed by atoms with Crippen LogP contribution in [0, 0.1) is 13.8 Å². The molecule has 2 fully saturated rings. The van der Waals surface area contributed by atoms with Gasteiger partial charge in [-0.25, -0.2) is 0 Å². The minimum Gasteiger partial charge on any atom is -0.324 e. The van der Waals surface area contributed by atoms with Gasteiger partial charge in [-0.3, -0.25) is 14.4 Å². The average Bonchev–Trinajstić information content (AvgIpc) is 3.44. The van der Waals surface area contributed by atoms with Gasteiger partial charge in [0, 0.05) is 36.2 Å². The molecule has 166 valence electrons. The summed E-state index contributed by atoms with van der Waals surface area (Å²) < 4.78 is 0. The number of aryl methyl sites for hydroxylation is 2. The second-order valence-corrected chi connectivity index (χ2v) is 9.19. The highest BCUT2D eigenvalue weighted by atomic mass is 32.2. The Morgan fingerprint density at radius 3 is 2.56 bits per heavy atom. The summed E-state index contributed by atoms with van der Waals surface area (Å²) in [5.74, 6) is 0.868. The van der Waals surface area contributed by atoms with Crippen molar-refractivity contribution in [3.8, 4) is 0 Å². The summed E-state index contributed by atoms with van der Waals surface area (Å²) >= 11 is 1.57. The third-order valence-corrected chi connectivity index (χ3v) is 6.95. The Balaban J connectivity index is 1.38. The lowest BCUT2D eigenvalue weighted by atomic mass is 10.1. The van der Waals surface area contributed by atoms with E-state index in [-0.39, 0.29) is 17.7 Å². The van der Waals surface area contributed by atoms with Gasteiger partial charge in [-0.05, 0) is 67.3 Å². The quantitative estimate of drug-likeness (QED) is 0.701. The SMILES string of the molecule is Cc1ccc(NC(=O)C2CSCN2C(=O)/C=C/c2ccc(N3CCCC3=O)cc2)cc1C. The van der Waals surface area contributed by atoms with Crippen molar-refractivity contribution in [3.63, 3.8) is 0 Å². The van der Waals surface area contributed by atoms with Gasteiger partial charge >= 0.3 is 0 Å². The lowest BCUT2D eigenvalue weighted by Crippen LogP contribution is -2.43. The van der Waals surface area contributed by atoms with Crippen LogP contribution in [0.2, 0.25) is 0 Å². The van der Waals surface area contributed by atoms with Gasteiger partial charge in [-0.1, -0.05) is 18.2 Å². The fraction of sp³-hybridized carbons (Fsp3) is 0.320. The molecule has 0 aliphatic carbocycles. The maximum absolute atomic E-state index is 12.8. The molecule has 32 heavy (non-hydrogen) atoms. The third-order valence-electron chi connectivity index (χ3n) is 5.94. The molecule has 4 rings (SSSR count). The van der Waals surface area contributed by atoms with Crippen LogP contribution >= 0.6 is 11.8 Å². The highest BCUT2D eigenvalue weighted by Crippen LogP contribution is 2.24. The monoisotopic (exact) mass is 449 g/mol. The van der Waals surface area contributed by atoms with Crippen molar-refractivity contribution in [3.05, 3.63) is 65.2 Å². The van der Waals surface area contributed by atoms with E-state index in [1.54, 1.807) is 27.6 Å². The Morgan fingerprint density at radius 2 is 1.88 bits per heavy atom. The average molecular weight is 450 g/mol. The van der Waals surface area contributed by atoms with Crippen molar-refractivity contribution in [1.29, 1.82) is 0 Å². The second-order valence-electron chi connectivity index (χ2n) is 8.19. The number of amides is 3. The summed E-state index contributed by atoms with van der Waals surface area (Å²) in [5, 5.41) is 2.94. The van der Waals surface area contributed by atoms with Gasteiger partial charge < -0.3 is 15.1 Å². The number of benzene rings is 2. The molecule has 0 saturated carbocycles. The van der Waals surface area contributed by atoms with E-state index < -0.39 is 6.04 Å². The zero-order valence-corrected chi connectivity index (χ0v) is 19.2. The Labute approximate surface area is 192 Å². The van der Waals surface area contributed by atoms with E-state index in [1.807, 2.05) is 56.3 Å².